The predicted molar refractivity (Wildman–Crippen MR) is 77.2 cm³/mol. The number of ether oxygens (including phenoxy) is 2. The van der Waals surface area contributed by atoms with Crippen molar-refractivity contribution < 1.29 is 9.47 Å². The first-order chi connectivity index (χ1) is 9.17. The van der Waals surface area contributed by atoms with Crippen LogP contribution in [0.3, 0.4) is 0 Å². The average molecular weight is 302 g/mol. The second-order valence-corrected chi connectivity index (χ2v) is 6.14. The van der Waals surface area contributed by atoms with Crippen LogP contribution in [-0.4, -0.2) is 31.5 Å². The first kappa shape index (κ1) is 13.5. The van der Waals surface area contributed by atoms with E-state index in [0.29, 0.717) is 22.7 Å². The molecule has 1 spiro atoms. The van der Waals surface area contributed by atoms with Crippen molar-refractivity contribution in [2.24, 2.45) is 0 Å². The maximum Gasteiger partial charge on any atom is 0.0956 e. The molecule has 2 heterocycles. The molecule has 2 aliphatic rings. The second-order valence-electron chi connectivity index (χ2n) is 5.29. The van der Waals surface area contributed by atoms with E-state index in [9.17, 15) is 0 Å². The van der Waals surface area contributed by atoms with Crippen molar-refractivity contribution in [1.82, 2.24) is 0 Å². The quantitative estimate of drug-likeness (QED) is 0.902. The number of anilines is 1. The fourth-order valence-electron chi connectivity index (χ4n) is 2.84. The standard InChI is InChI=1S/C14H17Cl2NO2/c15-10-1-2-13(12(16)7-10)17-11-3-5-19-14(8-11)4-6-18-9-14/h1-2,7,11,17H,3-6,8-9H2. The van der Waals surface area contributed by atoms with Crippen LogP contribution >= 0.6 is 23.2 Å². The molecule has 3 nitrogen and oxygen atoms in total. The van der Waals surface area contributed by atoms with E-state index in [0.717, 1.165) is 38.2 Å². The van der Waals surface area contributed by atoms with Gasteiger partial charge in [-0.2, -0.15) is 0 Å². The van der Waals surface area contributed by atoms with Gasteiger partial charge in [-0.15, -0.1) is 0 Å². The molecule has 0 radical (unpaired) electrons. The van der Waals surface area contributed by atoms with E-state index >= 15 is 0 Å². The SMILES string of the molecule is Clc1ccc(NC2CCOC3(CCOC3)C2)c(Cl)c1. The first-order valence-electron chi connectivity index (χ1n) is 6.60. The molecule has 0 aromatic heterocycles. The van der Waals surface area contributed by atoms with Gasteiger partial charge in [-0.25, -0.2) is 0 Å². The summed E-state index contributed by atoms with van der Waals surface area (Å²) in [4.78, 5) is 0. The molecular formula is C14H17Cl2NO2. The molecule has 5 heteroatoms. The molecule has 1 aromatic carbocycles. The lowest BCUT2D eigenvalue weighted by molar-refractivity contribution is -0.0828. The Morgan fingerprint density at radius 1 is 1.26 bits per heavy atom. The van der Waals surface area contributed by atoms with Gasteiger partial charge in [0.1, 0.15) is 0 Å². The van der Waals surface area contributed by atoms with Gasteiger partial charge in [0.05, 0.1) is 22.9 Å². The van der Waals surface area contributed by atoms with E-state index in [4.69, 9.17) is 32.7 Å². The highest BCUT2D eigenvalue weighted by molar-refractivity contribution is 6.36. The monoisotopic (exact) mass is 301 g/mol. The number of rotatable bonds is 2. The van der Waals surface area contributed by atoms with Gasteiger partial charge in [0.2, 0.25) is 0 Å². The van der Waals surface area contributed by atoms with E-state index < -0.39 is 0 Å². The van der Waals surface area contributed by atoms with Crippen LogP contribution in [-0.2, 0) is 9.47 Å². The van der Waals surface area contributed by atoms with Gasteiger partial charge >= 0.3 is 0 Å². The van der Waals surface area contributed by atoms with Crippen LogP contribution in [0.25, 0.3) is 0 Å². The van der Waals surface area contributed by atoms with Crippen LogP contribution in [0.4, 0.5) is 5.69 Å². The Morgan fingerprint density at radius 2 is 2.16 bits per heavy atom. The van der Waals surface area contributed by atoms with E-state index in [-0.39, 0.29) is 5.60 Å². The Balaban J connectivity index is 1.69. The van der Waals surface area contributed by atoms with Gasteiger partial charge in [0, 0.05) is 30.7 Å². The van der Waals surface area contributed by atoms with E-state index in [1.54, 1.807) is 6.07 Å². The van der Waals surface area contributed by atoms with Crippen molar-refractivity contribution >= 4 is 28.9 Å². The topological polar surface area (TPSA) is 30.5 Å². The lowest BCUT2D eigenvalue weighted by atomic mass is 9.89. The van der Waals surface area contributed by atoms with Gasteiger partial charge in [-0.05, 0) is 31.0 Å². The summed E-state index contributed by atoms with van der Waals surface area (Å²) in [6, 6.07) is 5.91. The van der Waals surface area contributed by atoms with Crippen molar-refractivity contribution in [2.75, 3.05) is 25.1 Å². The van der Waals surface area contributed by atoms with Crippen LogP contribution < -0.4 is 5.32 Å². The predicted octanol–water partition coefficient (Wildman–Crippen LogP) is 3.74. The summed E-state index contributed by atoms with van der Waals surface area (Å²) in [5.41, 5.74) is 0.849. The average Bonchev–Trinajstić information content (AvgIpc) is 2.81. The summed E-state index contributed by atoms with van der Waals surface area (Å²) in [5.74, 6) is 0. The number of hydrogen-bond acceptors (Lipinski definition) is 3. The Labute approximate surface area is 123 Å². The van der Waals surface area contributed by atoms with Crippen molar-refractivity contribution in [3.8, 4) is 0 Å². The van der Waals surface area contributed by atoms with Gasteiger partial charge in [-0.1, -0.05) is 23.2 Å². The number of hydrogen-bond donors (Lipinski definition) is 1. The molecular weight excluding hydrogens is 285 g/mol. The molecule has 3 rings (SSSR count). The largest absolute Gasteiger partial charge is 0.381 e. The van der Waals surface area contributed by atoms with Gasteiger partial charge in [0.15, 0.2) is 0 Å². The fourth-order valence-corrected chi connectivity index (χ4v) is 3.30. The highest BCUT2D eigenvalue weighted by atomic mass is 35.5. The molecule has 0 bridgehead atoms. The highest BCUT2D eigenvalue weighted by Gasteiger charge is 2.41. The highest BCUT2D eigenvalue weighted by Crippen LogP contribution is 2.35. The van der Waals surface area contributed by atoms with Gasteiger partial charge in [-0.3, -0.25) is 0 Å². The molecule has 2 saturated heterocycles. The van der Waals surface area contributed by atoms with Gasteiger partial charge in [0.25, 0.3) is 0 Å². The Morgan fingerprint density at radius 3 is 2.89 bits per heavy atom. The Kier molecular flexibility index (Phi) is 3.90. The van der Waals surface area contributed by atoms with Crippen LogP contribution in [0.5, 0.6) is 0 Å². The summed E-state index contributed by atoms with van der Waals surface area (Å²) in [7, 11) is 0. The zero-order chi connectivity index (χ0) is 13.3. The molecule has 0 aliphatic carbocycles. The third kappa shape index (κ3) is 3.00. The first-order valence-corrected chi connectivity index (χ1v) is 7.36. The number of halogens is 2. The fraction of sp³-hybridized carbons (Fsp3) is 0.571. The van der Waals surface area contributed by atoms with E-state index in [1.807, 2.05) is 12.1 Å². The van der Waals surface area contributed by atoms with Crippen molar-refractivity contribution in [1.29, 1.82) is 0 Å². The lowest BCUT2D eigenvalue weighted by Gasteiger charge is -2.37. The minimum Gasteiger partial charge on any atom is -0.381 e. The summed E-state index contributed by atoms with van der Waals surface area (Å²) in [6.07, 6.45) is 2.94. The molecule has 1 N–H and O–H groups in total. The molecule has 1 aromatic rings. The van der Waals surface area contributed by atoms with Gasteiger partial charge < -0.3 is 14.8 Å². The van der Waals surface area contributed by atoms with Crippen molar-refractivity contribution in [3.05, 3.63) is 28.2 Å². The molecule has 19 heavy (non-hydrogen) atoms. The molecule has 0 saturated carbocycles. The second kappa shape index (κ2) is 5.49. The van der Waals surface area contributed by atoms with Crippen LogP contribution in [0.2, 0.25) is 10.0 Å². The Bertz CT molecular complexity index is 461. The lowest BCUT2D eigenvalue weighted by Crippen LogP contribution is -2.44. The molecule has 0 amide bonds. The molecule has 2 unspecified atom stereocenters. The van der Waals surface area contributed by atoms with Crippen molar-refractivity contribution in [2.45, 2.75) is 30.9 Å². The minimum atomic E-state index is -0.0885. The van der Waals surface area contributed by atoms with Crippen molar-refractivity contribution in [3.63, 3.8) is 0 Å². The third-order valence-corrected chi connectivity index (χ3v) is 4.40. The summed E-state index contributed by atoms with van der Waals surface area (Å²) >= 11 is 12.1. The molecule has 104 valence electrons. The zero-order valence-corrected chi connectivity index (χ0v) is 12.1. The Hall–Kier alpha value is -0.480. The zero-order valence-electron chi connectivity index (χ0n) is 10.6. The van der Waals surface area contributed by atoms with Crippen LogP contribution in [0, 0.1) is 0 Å². The smallest absolute Gasteiger partial charge is 0.0956 e. The maximum atomic E-state index is 6.20. The van der Waals surface area contributed by atoms with Crippen LogP contribution in [0.1, 0.15) is 19.3 Å². The molecule has 2 atom stereocenters. The summed E-state index contributed by atoms with van der Waals surface area (Å²) in [6.45, 7) is 2.28. The summed E-state index contributed by atoms with van der Waals surface area (Å²) < 4.78 is 11.4. The summed E-state index contributed by atoms with van der Waals surface area (Å²) in [5, 5.41) is 4.82. The molecule has 2 aliphatic heterocycles. The van der Waals surface area contributed by atoms with E-state index in [2.05, 4.69) is 5.32 Å². The third-order valence-electron chi connectivity index (χ3n) is 3.85. The van der Waals surface area contributed by atoms with E-state index in [1.165, 1.54) is 0 Å². The maximum absolute atomic E-state index is 6.20. The molecule has 2 fully saturated rings. The number of nitrogens with one attached hydrogen (secondary N) is 1. The minimum absolute atomic E-state index is 0.0885. The van der Waals surface area contributed by atoms with Crippen LogP contribution in [0.15, 0.2) is 18.2 Å². The normalized spacial score (nSPS) is 30.7. The number of benzene rings is 1.